The number of hydrogen-bond acceptors (Lipinski definition) is 4. The summed E-state index contributed by atoms with van der Waals surface area (Å²) in [5, 5.41) is 3.35. The molecule has 0 bridgehead atoms. The molecule has 110 valence electrons. The van der Waals surface area contributed by atoms with Gasteiger partial charge in [-0.3, -0.25) is 4.90 Å². The molecule has 4 heteroatoms. The second kappa shape index (κ2) is 7.92. The van der Waals surface area contributed by atoms with Crippen LogP contribution in [-0.4, -0.2) is 18.0 Å². The van der Waals surface area contributed by atoms with E-state index in [-0.39, 0.29) is 0 Å². The van der Waals surface area contributed by atoms with Gasteiger partial charge in [-0.2, -0.15) is 0 Å². The van der Waals surface area contributed by atoms with Crippen molar-refractivity contribution in [2.45, 2.75) is 39.9 Å². The van der Waals surface area contributed by atoms with E-state index in [0.717, 1.165) is 56.4 Å². The monoisotopic (exact) mass is 276 g/mol. The molecule has 2 aromatic rings. The van der Waals surface area contributed by atoms with Crippen molar-refractivity contribution in [3.8, 4) is 0 Å². The van der Waals surface area contributed by atoms with Crippen molar-refractivity contribution in [2.75, 3.05) is 13.1 Å². The zero-order chi connectivity index (χ0) is 14.2. The molecule has 4 nitrogen and oxygen atoms in total. The quantitative estimate of drug-likeness (QED) is 0.713. The summed E-state index contributed by atoms with van der Waals surface area (Å²) in [6, 6.07) is 8.05. The van der Waals surface area contributed by atoms with Crippen molar-refractivity contribution >= 4 is 0 Å². The summed E-state index contributed by atoms with van der Waals surface area (Å²) < 4.78 is 11.2. The van der Waals surface area contributed by atoms with Crippen LogP contribution in [0.2, 0.25) is 0 Å². The third-order valence-corrected chi connectivity index (χ3v) is 3.23. The van der Waals surface area contributed by atoms with Crippen molar-refractivity contribution in [3.63, 3.8) is 0 Å². The van der Waals surface area contributed by atoms with Crippen LogP contribution in [0, 0.1) is 0 Å². The third-order valence-electron chi connectivity index (χ3n) is 3.23. The summed E-state index contributed by atoms with van der Waals surface area (Å²) in [7, 11) is 0. The molecule has 1 N–H and O–H groups in total. The van der Waals surface area contributed by atoms with Crippen LogP contribution in [0.1, 0.15) is 37.5 Å². The first-order chi connectivity index (χ1) is 9.81. The van der Waals surface area contributed by atoms with E-state index in [4.69, 9.17) is 8.83 Å². The molecule has 0 aliphatic carbocycles. The molecule has 0 aliphatic rings. The Bertz CT molecular complexity index is 476. The average Bonchev–Trinajstić information content (AvgIpc) is 3.10. The first kappa shape index (κ1) is 14.9. The van der Waals surface area contributed by atoms with Crippen molar-refractivity contribution in [3.05, 3.63) is 47.8 Å². The fraction of sp³-hybridized carbons (Fsp3) is 0.500. The second-order valence-electron chi connectivity index (χ2n) is 4.93. The highest BCUT2D eigenvalue weighted by molar-refractivity contribution is 5.07. The maximum Gasteiger partial charge on any atom is 0.118 e. The summed E-state index contributed by atoms with van der Waals surface area (Å²) >= 11 is 0. The first-order valence-electron chi connectivity index (χ1n) is 7.34. The van der Waals surface area contributed by atoms with E-state index < -0.39 is 0 Å². The Kier molecular flexibility index (Phi) is 5.89. The average molecular weight is 276 g/mol. The summed E-state index contributed by atoms with van der Waals surface area (Å²) in [5.41, 5.74) is 0. The summed E-state index contributed by atoms with van der Waals surface area (Å²) in [6.07, 6.45) is 2.86. The standard InChI is InChI=1S/C16H24N2O2/c1-3-9-17-11-14-7-8-16(20-14)13-18(4-2)12-15-6-5-10-19-15/h5-8,10,17H,3-4,9,11-13H2,1-2H3. The predicted molar refractivity (Wildman–Crippen MR) is 79.2 cm³/mol. The number of furan rings is 2. The molecule has 0 radical (unpaired) electrons. The molecule has 0 atom stereocenters. The maximum atomic E-state index is 5.85. The highest BCUT2D eigenvalue weighted by Gasteiger charge is 2.09. The molecule has 0 fully saturated rings. The van der Waals surface area contributed by atoms with E-state index in [0.29, 0.717) is 0 Å². The number of rotatable bonds is 9. The van der Waals surface area contributed by atoms with Gasteiger partial charge in [0.1, 0.15) is 17.3 Å². The summed E-state index contributed by atoms with van der Waals surface area (Å²) in [5.74, 6) is 3.00. The van der Waals surface area contributed by atoms with Crippen molar-refractivity contribution in [2.24, 2.45) is 0 Å². The van der Waals surface area contributed by atoms with E-state index >= 15 is 0 Å². The molecular weight excluding hydrogens is 252 g/mol. The smallest absolute Gasteiger partial charge is 0.118 e. The number of nitrogens with one attached hydrogen (secondary N) is 1. The largest absolute Gasteiger partial charge is 0.468 e. The summed E-state index contributed by atoms with van der Waals surface area (Å²) in [6.45, 7) is 8.72. The van der Waals surface area contributed by atoms with Gasteiger partial charge in [0.15, 0.2) is 0 Å². The van der Waals surface area contributed by atoms with Gasteiger partial charge in [-0.15, -0.1) is 0 Å². The van der Waals surface area contributed by atoms with E-state index in [1.54, 1.807) is 6.26 Å². The van der Waals surface area contributed by atoms with Gasteiger partial charge in [0.2, 0.25) is 0 Å². The van der Waals surface area contributed by atoms with Gasteiger partial charge >= 0.3 is 0 Å². The van der Waals surface area contributed by atoms with E-state index in [1.807, 2.05) is 12.1 Å². The van der Waals surface area contributed by atoms with Gasteiger partial charge in [0, 0.05) is 0 Å². The van der Waals surface area contributed by atoms with Crippen LogP contribution in [0.15, 0.2) is 39.4 Å². The Hall–Kier alpha value is -1.52. The minimum absolute atomic E-state index is 0.804. The molecule has 0 amide bonds. The molecule has 2 aromatic heterocycles. The molecule has 0 aromatic carbocycles. The summed E-state index contributed by atoms with van der Waals surface area (Å²) in [4.78, 5) is 2.29. The molecule has 0 saturated carbocycles. The zero-order valence-corrected chi connectivity index (χ0v) is 12.4. The lowest BCUT2D eigenvalue weighted by atomic mass is 10.3. The van der Waals surface area contributed by atoms with Crippen molar-refractivity contribution in [1.82, 2.24) is 10.2 Å². The lowest BCUT2D eigenvalue weighted by molar-refractivity contribution is 0.226. The van der Waals surface area contributed by atoms with Crippen LogP contribution in [0.5, 0.6) is 0 Å². The van der Waals surface area contributed by atoms with Crippen molar-refractivity contribution in [1.29, 1.82) is 0 Å². The maximum absolute atomic E-state index is 5.85. The van der Waals surface area contributed by atoms with Crippen LogP contribution >= 0.6 is 0 Å². The van der Waals surface area contributed by atoms with Gasteiger partial charge in [-0.1, -0.05) is 13.8 Å². The Morgan fingerprint density at radius 3 is 2.55 bits per heavy atom. The minimum atomic E-state index is 0.804. The van der Waals surface area contributed by atoms with E-state index in [1.165, 1.54) is 0 Å². The Morgan fingerprint density at radius 2 is 1.85 bits per heavy atom. The van der Waals surface area contributed by atoms with Crippen LogP contribution in [0.3, 0.4) is 0 Å². The minimum Gasteiger partial charge on any atom is -0.468 e. The zero-order valence-electron chi connectivity index (χ0n) is 12.4. The lowest BCUT2D eigenvalue weighted by Gasteiger charge is -2.17. The predicted octanol–water partition coefficient (Wildman–Crippen LogP) is 3.39. The highest BCUT2D eigenvalue weighted by Crippen LogP contribution is 2.13. The molecule has 0 aliphatic heterocycles. The molecular formula is C16H24N2O2. The molecule has 0 saturated heterocycles. The van der Waals surface area contributed by atoms with Gasteiger partial charge in [0.25, 0.3) is 0 Å². The first-order valence-corrected chi connectivity index (χ1v) is 7.34. The molecule has 0 spiro atoms. The van der Waals surface area contributed by atoms with Crippen LogP contribution in [0.4, 0.5) is 0 Å². The molecule has 2 rings (SSSR count). The lowest BCUT2D eigenvalue weighted by Crippen LogP contribution is -2.21. The number of nitrogens with zero attached hydrogens (tertiary/aromatic N) is 1. The Labute approximate surface area is 120 Å². The van der Waals surface area contributed by atoms with Crippen LogP contribution < -0.4 is 5.32 Å². The van der Waals surface area contributed by atoms with Gasteiger partial charge in [-0.25, -0.2) is 0 Å². The second-order valence-corrected chi connectivity index (χ2v) is 4.93. The Morgan fingerprint density at radius 1 is 1.05 bits per heavy atom. The van der Waals surface area contributed by atoms with Crippen LogP contribution in [-0.2, 0) is 19.6 Å². The fourth-order valence-electron chi connectivity index (χ4n) is 2.11. The fourth-order valence-corrected chi connectivity index (χ4v) is 2.11. The highest BCUT2D eigenvalue weighted by atomic mass is 16.3. The molecule has 2 heterocycles. The van der Waals surface area contributed by atoms with E-state index in [2.05, 4.69) is 36.2 Å². The number of hydrogen-bond donors (Lipinski definition) is 1. The third kappa shape index (κ3) is 4.54. The van der Waals surface area contributed by atoms with Gasteiger partial charge in [-0.05, 0) is 43.8 Å². The normalized spacial score (nSPS) is 11.3. The Balaban J connectivity index is 1.84. The van der Waals surface area contributed by atoms with E-state index in [9.17, 15) is 0 Å². The van der Waals surface area contributed by atoms with Crippen LogP contribution in [0.25, 0.3) is 0 Å². The molecule has 20 heavy (non-hydrogen) atoms. The SMILES string of the molecule is CCCNCc1ccc(CN(CC)Cc2ccco2)o1. The van der Waals surface area contributed by atoms with Crippen molar-refractivity contribution < 1.29 is 8.83 Å². The van der Waals surface area contributed by atoms with Gasteiger partial charge in [0.05, 0.1) is 25.9 Å². The topological polar surface area (TPSA) is 41.5 Å². The van der Waals surface area contributed by atoms with Gasteiger partial charge < -0.3 is 14.2 Å². The molecule has 0 unspecified atom stereocenters.